The lowest BCUT2D eigenvalue weighted by Gasteiger charge is -2.27. The number of carboxylic acids is 1. The van der Waals surface area contributed by atoms with Crippen LogP contribution >= 0.6 is 0 Å². The van der Waals surface area contributed by atoms with Crippen molar-refractivity contribution in [2.45, 2.75) is 24.6 Å². The number of ether oxygens (including phenoxy) is 1. The maximum absolute atomic E-state index is 12.8. The van der Waals surface area contributed by atoms with Gasteiger partial charge in [-0.25, -0.2) is 9.59 Å². The fourth-order valence-corrected chi connectivity index (χ4v) is 4.08. The van der Waals surface area contributed by atoms with Gasteiger partial charge in [-0.15, -0.1) is 0 Å². The molecule has 1 aliphatic rings. The van der Waals surface area contributed by atoms with Crippen LogP contribution in [0.5, 0.6) is 0 Å². The first-order valence-electron chi connectivity index (χ1n) is 10.2. The maximum Gasteiger partial charge on any atom is 0.416 e. The molecule has 33 heavy (non-hydrogen) atoms. The number of fused-ring (bicyclic) bond motifs is 3. The van der Waals surface area contributed by atoms with Gasteiger partial charge in [-0.2, -0.15) is 13.2 Å². The molecule has 170 valence electrons. The molecule has 0 bridgehead atoms. The van der Waals surface area contributed by atoms with Crippen molar-refractivity contribution in [3.63, 3.8) is 0 Å². The third kappa shape index (κ3) is 4.16. The molecule has 1 unspecified atom stereocenters. The number of rotatable bonds is 5. The van der Waals surface area contributed by atoms with E-state index in [9.17, 15) is 27.9 Å². The number of hydrogen-bond acceptors (Lipinski definition) is 3. The number of amides is 1. The summed E-state index contributed by atoms with van der Waals surface area (Å²) in [6.07, 6.45) is -5.54. The number of nitrogens with one attached hydrogen (secondary N) is 1. The summed E-state index contributed by atoms with van der Waals surface area (Å²) in [6, 6.07) is 19.1. The fraction of sp³-hybridized carbons (Fsp3) is 0.200. The van der Waals surface area contributed by atoms with Crippen molar-refractivity contribution in [1.29, 1.82) is 0 Å². The van der Waals surface area contributed by atoms with Crippen LogP contribution in [-0.4, -0.2) is 23.8 Å². The van der Waals surface area contributed by atoms with Gasteiger partial charge in [0.25, 0.3) is 0 Å². The molecule has 0 aliphatic heterocycles. The lowest BCUT2D eigenvalue weighted by Crippen LogP contribution is -2.50. The highest BCUT2D eigenvalue weighted by Crippen LogP contribution is 2.44. The van der Waals surface area contributed by atoms with E-state index >= 15 is 0 Å². The van der Waals surface area contributed by atoms with Crippen LogP contribution in [-0.2, 0) is 21.2 Å². The molecule has 3 aromatic carbocycles. The first-order chi connectivity index (χ1) is 15.6. The molecule has 0 saturated heterocycles. The Labute approximate surface area is 187 Å². The monoisotopic (exact) mass is 455 g/mol. The molecule has 0 radical (unpaired) electrons. The summed E-state index contributed by atoms with van der Waals surface area (Å²) >= 11 is 0. The Morgan fingerprint density at radius 3 is 1.85 bits per heavy atom. The second-order valence-electron chi connectivity index (χ2n) is 7.96. The number of benzene rings is 3. The predicted octanol–water partition coefficient (Wildman–Crippen LogP) is 5.54. The van der Waals surface area contributed by atoms with Crippen molar-refractivity contribution in [2.75, 3.05) is 6.61 Å². The maximum atomic E-state index is 12.8. The molecular weight excluding hydrogens is 435 g/mol. The number of carbonyl (C=O) groups is 2. The summed E-state index contributed by atoms with van der Waals surface area (Å²) in [5.41, 5.74) is 1.17. The SMILES string of the molecule is CC(NC(=O)OCC1c2ccccc2-c2ccccc21)(C(=O)O)c1ccc(C(F)(F)F)cc1. The summed E-state index contributed by atoms with van der Waals surface area (Å²) in [5, 5.41) is 12.0. The Morgan fingerprint density at radius 2 is 1.36 bits per heavy atom. The Bertz CT molecular complexity index is 1160. The molecule has 8 heteroatoms. The van der Waals surface area contributed by atoms with Crippen LogP contribution in [0.25, 0.3) is 11.1 Å². The highest BCUT2D eigenvalue weighted by molar-refractivity contribution is 5.85. The first kappa shape index (κ1) is 22.4. The van der Waals surface area contributed by atoms with E-state index in [1.54, 1.807) is 0 Å². The minimum Gasteiger partial charge on any atom is -0.479 e. The zero-order valence-electron chi connectivity index (χ0n) is 17.5. The Kier molecular flexibility index (Phi) is 5.61. The van der Waals surface area contributed by atoms with E-state index in [1.807, 2.05) is 48.5 Å². The van der Waals surface area contributed by atoms with Crippen molar-refractivity contribution in [3.05, 3.63) is 95.1 Å². The van der Waals surface area contributed by atoms with Gasteiger partial charge in [0.2, 0.25) is 0 Å². The van der Waals surface area contributed by atoms with Gasteiger partial charge < -0.3 is 15.2 Å². The Morgan fingerprint density at radius 1 is 0.879 bits per heavy atom. The van der Waals surface area contributed by atoms with Gasteiger partial charge in [-0.05, 0) is 46.9 Å². The third-order valence-electron chi connectivity index (χ3n) is 5.91. The highest BCUT2D eigenvalue weighted by Gasteiger charge is 2.39. The number of alkyl halides is 3. The zero-order chi connectivity index (χ0) is 23.8. The summed E-state index contributed by atoms with van der Waals surface area (Å²) in [6.45, 7) is 1.17. The van der Waals surface area contributed by atoms with E-state index in [0.717, 1.165) is 46.5 Å². The number of aliphatic carboxylic acids is 1. The number of carboxylic acid groups (broad SMARTS) is 1. The van der Waals surface area contributed by atoms with Gasteiger partial charge in [0.05, 0.1) is 5.56 Å². The van der Waals surface area contributed by atoms with Gasteiger partial charge in [-0.3, -0.25) is 0 Å². The molecule has 0 heterocycles. The summed E-state index contributed by atoms with van der Waals surface area (Å²) in [4.78, 5) is 24.5. The number of hydrogen-bond donors (Lipinski definition) is 2. The quantitative estimate of drug-likeness (QED) is 0.530. The summed E-state index contributed by atoms with van der Waals surface area (Å²) in [5.74, 6) is -1.65. The molecule has 5 nitrogen and oxygen atoms in total. The number of carbonyl (C=O) groups excluding carboxylic acids is 1. The van der Waals surface area contributed by atoms with Crippen molar-refractivity contribution in [2.24, 2.45) is 0 Å². The van der Waals surface area contributed by atoms with Crippen LogP contribution in [0, 0.1) is 0 Å². The molecule has 1 atom stereocenters. The number of alkyl carbamates (subject to hydrolysis) is 1. The van der Waals surface area contributed by atoms with Gasteiger partial charge in [0.15, 0.2) is 5.54 Å². The van der Waals surface area contributed by atoms with Crippen molar-refractivity contribution in [1.82, 2.24) is 5.32 Å². The zero-order valence-corrected chi connectivity index (χ0v) is 17.5. The van der Waals surface area contributed by atoms with E-state index in [0.29, 0.717) is 0 Å². The largest absolute Gasteiger partial charge is 0.479 e. The Hall–Kier alpha value is -3.81. The molecule has 0 aromatic heterocycles. The van der Waals surface area contributed by atoms with Crippen LogP contribution in [0.3, 0.4) is 0 Å². The smallest absolute Gasteiger partial charge is 0.416 e. The molecule has 2 N–H and O–H groups in total. The minimum atomic E-state index is -4.56. The predicted molar refractivity (Wildman–Crippen MR) is 115 cm³/mol. The van der Waals surface area contributed by atoms with Gasteiger partial charge in [0, 0.05) is 5.92 Å². The van der Waals surface area contributed by atoms with Gasteiger partial charge >= 0.3 is 18.2 Å². The van der Waals surface area contributed by atoms with Gasteiger partial charge in [-0.1, -0.05) is 60.7 Å². The van der Waals surface area contributed by atoms with Crippen LogP contribution in [0.2, 0.25) is 0 Å². The molecule has 1 aliphatic carbocycles. The second-order valence-corrected chi connectivity index (χ2v) is 7.96. The van der Waals surface area contributed by atoms with Crippen molar-refractivity contribution in [3.8, 4) is 11.1 Å². The van der Waals surface area contributed by atoms with Crippen molar-refractivity contribution < 1.29 is 32.6 Å². The van der Waals surface area contributed by atoms with Crippen LogP contribution < -0.4 is 5.32 Å². The normalized spacial score (nSPS) is 14.7. The third-order valence-corrected chi connectivity index (χ3v) is 5.91. The average molecular weight is 455 g/mol. The number of halogens is 3. The molecule has 3 aromatic rings. The molecular formula is C25H20F3NO4. The van der Waals surface area contributed by atoms with Crippen LogP contribution in [0.1, 0.15) is 35.1 Å². The lowest BCUT2D eigenvalue weighted by atomic mass is 9.91. The lowest BCUT2D eigenvalue weighted by molar-refractivity contribution is -0.144. The first-order valence-corrected chi connectivity index (χ1v) is 10.2. The second kappa shape index (κ2) is 8.27. The highest BCUT2D eigenvalue weighted by atomic mass is 19.4. The van der Waals surface area contributed by atoms with Crippen LogP contribution in [0.15, 0.2) is 72.8 Å². The van der Waals surface area contributed by atoms with Crippen molar-refractivity contribution >= 4 is 12.1 Å². The van der Waals surface area contributed by atoms with Gasteiger partial charge in [0.1, 0.15) is 6.61 Å². The van der Waals surface area contributed by atoms with E-state index < -0.39 is 29.3 Å². The fourth-order valence-electron chi connectivity index (χ4n) is 4.08. The molecule has 1 amide bonds. The van der Waals surface area contributed by atoms with E-state index in [1.165, 1.54) is 6.92 Å². The van der Waals surface area contributed by atoms with E-state index in [2.05, 4.69) is 5.32 Å². The molecule has 0 fully saturated rings. The minimum absolute atomic E-state index is 0.0171. The molecule has 0 saturated carbocycles. The topological polar surface area (TPSA) is 75.6 Å². The summed E-state index contributed by atoms with van der Waals surface area (Å²) < 4.78 is 43.9. The summed E-state index contributed by atoms with van der Waals surface area (Å²) in [7, 11) is 0. The molecule has 4 rings (SSSR count). The average Bonchev–Trinajstić information content (AvgIpc) is 3.11. The van der Waals surface area contributed by atoms with E-state index in [-0.39, 0.29) is 18.1 Å². The molecule has 0 spiro atoms. The van der Waals surface area contributed by atoms with Crippen LogP contribution in [0.4, 0.5) is 18.0 Å². The standard InChI is InChI=1S/C25H20F3NO4/c1-24(22(30)31,15-10-12-16(13-11-15)25(26,27)28)29-23(32)33-14-21-19-8-4-2-6-17(19)18-7-3-5-9-20(18)21/h2-13,21H,14H2,1H3,(H,29,32)(H,30,31). The van der Waals surface area contributed by atoms with E-state index in [4.69, 9.17) is 4.74 Å². The Balaban J connectivity index is 1.51.